The van der Waals surface area contributed by atoms with Gasteiger partial charge in [-0.25, -0.2) is 0 Å². The van der Waals surface area contributed by atoms with Gasteiger partial charge in [-0.3, -0.25) is 9.59 Å². The first-order valence-electron chi connectivity index (χ1n) is 6.70. The average molecular weight is 275 g/mol. The first-order chi connectivity index (χ1) is 9.63. The fourth-order valence-electron chi connectivity index (χ4n) is 2.62. The monoisotopic (exact) mass is 275 g/mol. The van der Waals surface area contributed by atoms with E-state index in [0.717, 1.165) is 18.6 Å². The number of hydrogen-bond acceptors (Lipinski definition) is 4. The Bertz CT molecular complexity index is 553. The lowest BCUT2D eigenvalue weighted by Gasteiger charge is -2.19. The third-order valence-electron chi connectivity index (χ3n) is 3.77. The second-order valence-corrected chi connectivity index (χ2v) is 5.23. The van der Waals surface area contributed by atoms with E-state index in [0.29, 0.717) is 23.9 Å². The molecule has 3 rings (SSSR count). The van der Waals surface area contributed by atoms with E-state index >= 15 is 0 Å². The molecule has 0 aromatic heterocycles. The largest absolute Gasteiger partial charge is 0.381 e. The van der Waals surface area contributed by atoms with Crippen LogP contribution in [-0.2, 0) is 14.3 Å². The Balaban J connectivity index is 1.88. The number of carbonyl (C=O) groups excluding carboxylic acids is 2. The van der Waals surface area contributed by atoms with E-state index in [4.69, 9.17) is 10.5 Å². The molecule has 106 valence electrons. The second-order valence-electron chi connectivity index (χ2n) is 5.23. The molecule has 1 aromatic rings. The maximum absolute atomic E-state index is 11.6. The van der Waals surface area contributed by atoms with E-state index in [1.165, 1.54) is 0 Å². The summed E-state index contributed by atoms with van der Waals surface area (Å²) >= 11 is 0. The number of ether oxygens (including phenoxy) is 1. The van der Waals surface area contributed by atoms with Crippen molar-refractivity contribution in [3.8, 4) is 0 Å². The Hall–Kier alpha value is -1.92. The molecule has 0 aliphatic carbocycles. The van der Waals surface area contributed by atoms with Gasteiger partial charge in [-0.05, 0) is 24.1 Å². The van der Waals surface area contributed by atoms with E-state index in [1.807, 2.05) is 12.1 Å². The Labute approximate surface area is 116 Å². The van der Waals surface area contributed by atoms with Gasteiger partial charge in [0, 0.05) is 18.6 Å². The molecule has 0 bridgehead atoms. The summed E-state index contributed by atoms with van der Waals surface area (Å²) in [7, 11) is 0. The normalized spacial score (nSPS) is 23.6. The first-order valence-corrected chi connectivity index (χ1v) is 6.70. The molecule has 0 spiro atoms. The van der Waals surface area contributed by atoms with Crippen LogP contribution >= 0.6 is 0 Å². The summed E-state index contributed by atoms with van der Waals surface area (Å²) < 4.78 is 5.36. The van der Waals surface area contributed by atoms with Crippen LogP contribution in [0.25, 0.3) is 0 Å². The van der Waals surface area contributed by atoms with Gasteiger partial charge in [0.2, 0.25) is 11.8 Å². The summed E-state index contributed by atoms with van der Waals surface area (Å²) in [5.41, 5.74) is 8.41. The summed E-state index contributed by atoms with van der Waals surface area (Å²) in [6.07, 6.45) is 0.786. The third kappa shape index (κ3) is 2.52. The molecule has 4 N–H and O–H groups in total. The van der Waals surface area contributed by atoms with Crippen molar-refractivity contribution in [3.63, 3.8) is 0 Å². The summed E-state index contributed by atoms with van der Waals surface area (Å²) in [4.78, 5) is 23.0. The van der Waals surface area contributed by atoms with Gasteiger partial charge in [0.15, 0.2) is 0 Å². The SMILES string of the molecule is NC(c1ccc2c(c1)NC(=O)CC(=O)N2)C1CCOC1. The van der Waals surface area contributed by atoms with Gasteiger partial charge in [0.05, 0.1) is 18.0 Å². The number of benzene rings is 1. The number of hydrogen-bond donors (Lipinski definition) is 3. The zero-order valence-corrected chi connectivity index (χ0v) is 11.0. The van der Waals surface area contributed by atoms with Crippen molar-refractivity contribution in [1.29, 1.82) is 0 Å². The van der Waals surface area contributed by atoms with E-state index in [2.05, 4.69) is 10.6 Å². The van der Waals surface area contributed by atoms with Crippen molar-refractivity contribution in [2.75, 3.05) is 23.8 Å². The molecule has 2 heterocycles. The molecule has 2 unspecified atom stereocenters. The van der Waals surface area contributed by atoms with Crippen LogP contribution in [0.15, 0.2) is 18.2 Å². The van der Waals surface area contributed by atoms with Gasteiger partial charge >= 0.3 is 0 Å². The van der Waals surface area contributed by atoms with Crippen LogP contribution in [0, 0.1) is 5.92 Å². The zero-order chi connectivity index (χ0) is 14.1. The van der Waals surface area contributed by atoms with Crippen molar-refractivity contribution < 1.29 is 14.3 Å². The van der Waals surface area contributed by atoms with Crippen molar-refractivity contribution in [3.05, 3.63) is 23.8 Å². The van der Waals surface area contributed by atoms with E-state index < -0.39 is 0 Å². The molecule has 1 fully saturated rings. The van der Waals surface area contributed by atoms with E-state index in [1.54, 1.807) is 6.07 Å². The molecule has 2 amide bonds. The van der Waals surface area contributed by atoms with Crippen molar-refractivity contribution in [2.45, 2.75) is 18.9 Å². The Morgan fingerprint density at radius 2 is 1.95 bits per heavy atom. The Morgan fingerprint density at radius 1 is 1.20 bits per heavy atom. The lowest BCUT2D eigenvalue weighted by molar-refractivity contribution is -0.123. The minimum Gasteiger partial charge on any atom is -0.381 e. The third-order valence-corrected chi connectivity index (χ3v) is 3.77. The highest BCUT2D eigenvalue weighted by Gasteiger charge is 2.25. The fraction of sp³-hybridized carbons (Fsp3) is 0.429. The maximum atomic E-state index is 11.6. The molecule has 6 nitrogen and oxygen atoms in total. The minimum atomic E-state index is -0.309. The van der Waals surface area contributed by atoms with Crippen molar-refractivity contribution in [2.24, 2.45) is 11.7 Å². The lowest BCUT2D eigenvalue weighted by atomic mass is 9.92. The number of nitrogens with one attached hydrogen (secondary N) is 2. The standard InChI is InChI=1S/C14H17N3O3/c15-14(9-3-4-20-7-9)8-1-2-10-11(5-8)17-13(19)6-12(18)16-10/h1-2,5,9,14H,3-4,6-7,15H2,(H,16,18)(H,17,19). The van der Waals surface area contributed by atoms with Crippen LogP contribution in [0.2, 0.25) is 0 Å². The van der Waals surface area contributed by atoms with Gasteiger partial charge in [-0.2, -0.15) is 0 Å². The molecule has 2 atom stereocenters. The molecule has 0 saturated carbocycles. The number of anilines is 2. The first kappa shape index (κ1) is 13.1. The Morgan fingerprint density at radius 3 is 2.65 bits per heavy atom. The van der Waals surface area contributed by atoms with Crippen molar-refractivity contribution in [1.82, 2.24) is 0 Å². The van der Waals surface area contributed by atoms with Crippen LogP contribution in [0.5, 0.6) is 0 Å². The van der Waals surface area contributed by atoms with E-state index in [-0.39, 0.29) is 24.3 Å². The quantitative estimate of drug-likeness (QED) is 0.702. The topological polar surface area (TPSA) is 93.5 Å². The molecule has 0 radical (unpaired) electrons. The van der Waals surface area contributed by atoms with Crippen LogP contribution in [0.4, 0.5) is 11.4 Å². The minimum absolute atomic E-state index is 0.126. The summed E-state index contributed by atoms with van der Waals surface area (Å²) in [5, 5.41) is 5.43. The highest BCUT2D eigenvalue weighted by Crippen LogP contribution is 2.32. The van der Waals surface area contributed by atoms with Gasteiger partial charge in [0.25, 0.3) is 0 Å². The number of fused-ring (bicyclic) bond motifs is 1. The molecule has 1 saturated heterocycles. The molecule has 2 aliphatic heterocycles. The predicted molar refractivity (Wildman–Crippen MR) is 74.2 cm³/mol. The Kier molecular flexibility index (Phi) is 3.42. The van der Waals surface area contributed by atoms with Crippen LogP contribution in [-0.4, -0.2) is 25.0 Å². The van der Waals surface area contributed by atoms with Crippen molar-refractivity contribution >= 4 is 23.2 Å². The highest BCUT2D eigenvalue weighted by atomic mass is 16.5. The van der Waals surface area contributed by atoms with Crippen LogP contribution in [0.3, 0.4) is 0 Å². The number of nitrogens with two attached hydrogens (primary N) is 1. The summed E-state index contributed by atoms with van der Waals surface area (Å²) in [5.74, 6) is -0.317. The molecular weight excluding hydrogens is 258 g/mol. The summed E-state index contributed by atoms with van der Waals surface area (Å²) in [6.45, 7) is 1.41. The average Bonchev–Trinajstić information content (AvgIpc) is 2.88. The molecule has 1 aromatic carbocycles. The molecule has 2 aliphatic rings. The zero-order valence-electron chi connectivity index (χ0n) is 11.0. The lowest BCUT2D eigenvalue weighted by Crippen LogP contribution is -2.21. The highest BCUT2D eigenvalue weighted by molar-refractivity contribution is 6.13. The summed E-state index contributed by atoms with van der Waals surface area (Å²) in [6, 6.07) is 5.38. The van der Waals surface area contributed by atoms with Gasteiger partial charge in [-0.15, -0.1) is 0 Å². The predicted octanol–water partition coefficient (Wildman–Crippen LogP) is 1.00. The molecular formula is C14H17N3O3. The molecule has 20 heavy (non-hydrogen) atoms. The smallest absolute Gasteiger partial charge is 0.233 e. The van der Waals surface area contributed by atoms with E-state index in [9.17, 15) is 9.59 Å². The van der Waals surface area contributed by atoms with Gasteiger partial charge < -0.3 is 21.1 Å². The number of amides is 2. The number of carbonyl (C=O) groups is 2. The maximum Gasteiger partial charge on any atom is 0.233 e. The second kappa shape index (κ2) is 5.22. The number of rotatable bonds is 2. The van der Waals surface area contributed by atoms with Crippen LogP contribution < -0.4 is 16.4 Å². The van der Waals surface area contributed by atoms with Crippen LogP contribution in [0.1, 0.15) is 24.4 Å². The fourth-order valence-corrected chi connectivity index (χ4v) is 2.62. The van der Waals surface area contributed by atoms with Gasteiger partial charge in [-0.1, -0.05) is 6.07 Å². The van der Waals surface area contributed by atoms with Gasteiger partial charge in [0.1, 0.15) is 6.42 Å². The molecule has 6 heteroatoms.